The number of rotatable bonds is 2. The van der Waals surface area contributed by atoms with Gasteiger partial charge in [0, 0.05) is 12.7 Å². The maximum absolute atomic E-state index is 9.94. The third-order valence-corrected chi connectivity index (χ3v) is 1.26. The molecule has 0 fully saturated rings. The molecule has 0 aliphatic heterocycles. The highest BCUT2D eigenvalue weighted by Gasteiger charge is 1.88. The minimum Gasteiger partial charge on any atom is -0.388 e. The smallest absolute Gasteiger partial charge is 0.108 e. The monoisotopic (exact) mass is 166 g/mol. The summed E-state index contributed by atoms with van der Waals surface area (Å²) in [4.78, 5) is 9.94. The van der Waals surface area contributed by atoms with E-state index in [0.29, 0.717) is 5.69 Å². The van der Waals surface area contributed by atoms with E-state index >= 15 is 0 Å². The number of hydrogen-bond acceptors (Lipinski definition) is 3. The molecular weight excluding hydrogens is 152 g/mol. The molecule has 0 saturated heterocycles. The Balaban J connectivity index is 0.000000561. The summed E-state index contributed by atoms with van der Waals surface area (Å²) in [6.07, 6.45) is 0. The predicted octanol–water partition coefficient (Wildman–Crippen LogP) is 3.15. The summed E-state index contributed by atoms with van der Waals surface area (Å²) < 4.78 is 0. The normalized spacial score (nSPS) is 7.92. The third-order valence-electron chi connectivity index (χ3n) is 1.26. The number of anilines is 1. The molecule has 0 aliphatic rings. The summed E-state index contributed by atoms with van der Waals surface area (Å²) in [7, 11) is 1.82. The third kappa shape index (κ3) is 3.14. The Morgan fingerprint density at radius 1 is 1.17 bits per heavy atom. The van der Waals surface area contributed by atoms with Gasteiger partial charge in [-0.3, -0.25) is 0 Å². The van der Waals surface area contributed by atoms with Crippen LogP contribution in [0.25, 0.3) is 0 Å². The predicted molar refractivity (Wildman–Crippen MR) is 52.8 cm³/mol. The van der Waals surface area contributed by atoms with Gasteiger partial charge in [0.1, 0.15) is 5.69 Å². The van der Waals surface area contributed by atoms with Crippen molar-refractivity contribution >= 4 is 11.4 Å². The van der Waals surface area contributed by atoms with Crippen molar-refractivity contribution in [3.63, 3.8) is 0 Å². The second-order valence-electron chi connectivity index (χ2n) is 1.89. The van der Waals surface area contributed by atoms with Crippen LogP contribution in [0, 0.1) is 4.91 Å². The van der Waals surface area contributed by atoms with Crippen molar-refractivity contribution in [3.05, 3.63) is 29.2 Å². The zero-order valence-electron chi connectivity index (χ0n) is 7.66. The molecule has 0 saturated carbocycles. The zero-order chi connectivity index (χ0) is 9.40. The van der Waals surface area contributed by atoms with E-state index in [9.17, 15) is 4.91 Å². The Labute approximate surface area is 72.8 Å². The Morgan fingerprint density at radius 3 is 2.00 bits per heavy atom. The molecule has 0 bridgehead atoms. The first-order valence-electron chi connectivity index (χ1n) is 3.98. The lowest BCUT2D eigenvalue weighted by Gasteiger charge is -1.96. The zero-order valence-corrected chi connectivity index (χ0v) is 7.66. The second-order valence-corrected chi connectivity index (χ2v) is 1.89. The molecule has 66 valence electrons. The lowest BCUT2D eigenvalue weighted by molar-refractivity contribution is 1.46. The molecule has 0 heterocycles. The summed E-state index contributed by atoms with van der Waals surface area (Å²) in [5.74, 6) is 0. The van der Waals surface area contributed by atoms with E-state index in [1.54, 1.807) is 24.3 Å². The molecule has 1 rings (SSSR count). The fourth-order valence-electron chi connectivity index (χ4n) is 0.689. The van der Waals surface area contributed by atoms with Crippen molar-refractivity contribution in [3.8, 4) is 0 Å². The van der Waals surface area contributed by atoms with Gasteiger partial charge in [0.15, 0.2) is 0 Å². The van der Waals surface area contributed by atoms with Gasteiger partial charge >= 0.3 is 0 Å². The quantitative estimate of drug-likeness (QED) is 0.685. The highest BCUT2D eigenvalue weighted by atomic mass is 16.3. The van der Waals surface area contributed by atoms with Crippen LogP contribution in [0.1, 0.15) is 13.8 Å². The largest absolute Gasteiger partial charge is 0.388 e. The molecule has 0 radical (unpaired) electrons. The Kier molecular flexibility index (Phi) is 5.61. The first-order chi connectivity index (χ1) is 5.86. The van der Waals surface area contributed by atoms with Gasteiger partial charge in [-0.2, -0.15) is 0 Å². The number of nitroso groups, excluding NO2 is 1. The Morgan fingerprint density at radius 2 is 1.67 bits per heavy atom. The molecular formula is C9H14N2O. The van der Waals surface area contributed by atoms with Gasteiger partial charge in [-0.05, 0) is 29.4 Å². The van der Waals surface area contributed by atoms with Gasteiger partial charge < -0.3 is 5.32 Å². The molecule has 3 heteroatoms. The fourth-order valence-corrected chi connectivity index (χ4v) is 0.689. The molecule has 0 aliphatic carbocycles. The van der Waals surface area contributed by atoms with E-state index in [1.165, 1.54) is 0 Å². The summed E-state index contributed by atoms with van der Waals surface area (Å²) in [5, 5.41) is 5.70. The van der Waals surface area contributed by atoms with Gasteiger partial charge in [-0.15, -0.1) is 4.91 Å². The van der Waals surface area contributed by atoms with Crippen LogP contribution in [-0.4, -0.2) is 7.05 Å². The van der Waals surface area contributed by atoms with Crippen molar-refractivity contribution in [2.75, 3.05) is 12.4 Å². The lowest BCUT2D eigenvalue weighted by Crippen LogP contribution is -1.84. The first kappa shape index (κ1) is 10.6. The molecule has 1 aromatic rings. The fraction of sp³-hybridized carbons (Fsp3) is 0.333. The van der Waals surface area contributed by atoms with Gasteiger partial charge in [0.05, 0.1) is 0 Å². The van der Waals surface area contributed by atoms with Crippen LogP contribution in [0.5, 0.6) is 0 Å². The van der Waals surface area contributed by atoms with Crippen LogP contribution < -0.4 is 5.32 Å². The van der Waals surface area contributed by atoms with E-state index in [1.807, 2.05) is 20.9 Å². The SMILES string of the molecule is CC.CNc1ccc(N=O)cc1. The average Bonchev–Trinajstić information content (AvgIpc) is 2.21. The highest BCUT2D eigenvalue weighted by molar-refractivity contribution is 5.50. The minimum atomic E-state index is 0.457. The number of hydrogen-bond donors (Lipinski definition) is 1. The molecule has 12 heavy (non-hydrogen) atoms. The van der Waals surface area contributed by atoms with E-state index in [0.717, 1.165) is 5.69 Å². The van der Waals surface area contributed by atoms with Crippen LogP contribution >= 0.6 is 0 Å². The van der Waals surface area contributed by atoms with Gasteiger partial charge in [0.25, 0.3) is 0 Å². The molecule has 1 N–H and O–H groups in total. The summed E-state index contributed by atoms with van der Waals surface area (Å²) in [6.45, 7) is 4.00. The van der Waals surface area contributed by atoms with Crippen molar-refractivity contribution in [1.82, 2.24) is 0 Å². The number of nitrogens with one attached hydrogen (secondary N) is 1. The van der Waals surface area contributed by atoms with Crippen LogP contribution in [0.4, 0.5) is 11.4 Å². The van der Waals surface area contributed by atoms with E-state index in [-0.39, 0.29) is 0 Å². The van der Waals surface area contributed by atoms with Crippen LogP contribution in [0.2, 0.25) is 0 Å². The molecule has 3 nitrogen and oxygen atoms in total. The molecule has 0 atom stereocenters. The van der Waals surface area contributed by atoms with Crippen LogP contribution in [-0.2, 0) is 0 Å². The number of nitrogens with zero attached hydrogens (tertiary/aromatic N) is 1. The average molecular weight is 166 g/mol. The summed E-state index contributed by atoms with van der Waals surface area (Å²) in [6, 6.07) is 6.94. The van der Waals surface area contributed by atoms with E-state index in [2.05, 4.69) is 10.5 Å². The maximum atomic E-state index is 9.94. The van der Waals surface area contributed by atoms with Crippen molar-refractivity contribution in [2.45, 2.75) is 13.8 Å². The Hall–Kier alpha value is -1.38. The standard InChI is InChI=1S/C7H8N2O.C2H6/c1-8-6-2-4-7(9-10)5-3-6;1-2/h2-5,8H,1H3;1-2H3. The van der Waals surface area contributed by atoms with Gasteiger partial charge in [-0.25, -0.2) is 0 Å². The number of benzene rings is 1. The molecule has 0 amide bonds. The minimum absolute atomic E-state index is 0.457. The molecule has 0 aromatic heterocycles. The molecule has 0 spiro atoms. The van der Waals surface area contributed by atoms with Gasteiger partial charge in [0.2, 0.25) is 0 Å². The molecule has 1 aromatic carbocycles. The second kappa shape index (κ2) is 6.34. The topological polar surface area (TPSA) is 41.5 Å². The van der Waals surface area contributed by atoms with E-state index in [4.69, 9.17) is 0 Å². The van der Waals surface area contributed by atoms with Crippen molar-refractivity contribution < 1.29 is 0 Å². The Bertz CT molecular complexity index is 218. The first-order valence-corrected chi connectivity index (χ1v) is 3.98. The molecule has 0 unspecified atom stereocenters. The summed E-state index contributed by atoms with van der Waals surface area (Å²) in [5.41, 5.74) is 1.44. The highest BCUT2D eigenvalue weighted by Crippen LogP contribution is 2.14. The lowest BCUT2D eigenvalue weighted by atomic mass is 10.3. The van der Waals surface area contributed by atoms with Crippen LogP contribution in [0.15, 0.2) is 29.4 Å². The van der Waals surface area contributed by atoms with Gasteiger partial charge in [-0.1, -0.05) is 13.8 Å². The van der Waals surface area contributed by atoms with Crippen molar-refractivity contribution in [2.24, 2.45) is 5.18 Å². The maximum Gasteiger partial charge on any atom is 0.108 e. The van der Waals surface area contributed by atoms with Crippen LogP contribution in [0.3, 0.4) is 0 Å². The summed E-state index contributed by atoms with van der Waals surface area (Å²) >= 11 is 0. The van der Waals surface area contributed by atoms with E-state index < -0.39 is 0 Å². The van der Waals surface area contributed by atoms with Crippen molar-refractivity contribution in [1.29, 1.82) is 0 Å².